The van der Waals surface area contributed by atoms with Crippen LogP contribution in [0.3, 0.4) is 0 Å². The fourth-order valence-electron chi connectivity index (χ4n) is 10.2. The number of carbonyl (C=O) groups is 2. The number of aryl methyl sites for hydroxylation is 4. The van der Waals surface area contributed by atoms with E-state index >= 15 is 0 Å². The van der Waals surface area contributed by atoms with Gasteiger partial charge in [0, 0.05) is 93.0 Å². The van der Waals surface area contributed by atoms with Gasteiger partial charge in [0.1, 0.15) is 11.4 Å². The Balaban J connectivity index is 0.000000202. The average molecular weight is 1170 g/mol. The van der Waals surface area contributed by atoms with E-state index in [0.717, 1.165) is 70.7 Å². The molecule has 2 fully saturated rings. The van der Waals surface area contributed by atoms with E-state index < -0.39 is 35.3 Å². The van der Waals surface area contributed by atoms with Crippen molar-refractivity contribution in [3.63, 3.8) is 0 Å². The number of halogens is 6. The summed E-state index contributed by atoms with van der Waals surface area (Å²) in [7, 11) is 12.4. The van der Waals surface area contributed by atoms with E-state index in [2.05, 4.69) is 51.3 Å². The third-order valence-electron chi connectivity index (χ3n) is 15.5. The average Bonchev–Trinajstić information content (AvgIpc) is 4.11. The molecule has 2 aliphatic rings. The molecule has 4 aromatic heterocycles. The van der Waals surface area contributed by atoms with E-state index in [1.807, 2.05) is 72.7 Å². The molecule has 2 amide bonds. The van der Waals surface area contributed by atoms with E-state index in [-0.39, 0.29) is 39.7 Å². The van der Waals surface area contributed by atoms with Crippen LogP contribution in [0.25, 0.3) is 33.9 Å². The summed E-state index contributed by atoms with van der Waals surface area (Å²) in [6.45, 7) is 11.2. The normalized spacial score (nSPS) is 14.4. The number of carbonyl (C=O) groups excluding carboxylic acids is 2. The molecule has 2 saturated heterocycles. The lowest BCUT2D eigenvalue weighted by Gasteiger charge is -2.37. The largest absolute Gasteiger partial charge is 0.492 e. The fraction of sp³-hybridized carbons (Fsp3) is 0.379. The first-order valence-electron chi connectivity index (χ1n) is 26.9. The van der Waals surface area contributed by atoms with Crippen LogP contribution in [0.15, 0.2) is 85.5 Å². The number of hydrogen-bond acceptors (Lipinski definition) is 14. The number of alkyl halides is 6. The number of nitrogens with one attached hydrogen (secondary N) is 2. The highest BCUT2D eigenvalue weighted by Gasteiger charge is 2.36. The molecule has 84 heavy (non-hydrogen) atoms. The second-order valence-corrected chi connectivity index (χ2v) is 21.2. The molecule has 0 unspecified atom stereocenters. The molecule has 4 aromatic carbocycles. The van der Waals surface area contributed by atoms with Gasteiger partial charge >= 0.3 is 12.4 Å². The summed E-state index contributed by atoms with van der Waals surface area (Å²) in [6, 6.07) is 14.3. The summed E-state index contributed by atoms with van der Waals surface area (Å²) in [5.74, 6) is -0.808. The van der Waals surface area contributed by atoms with Crippen molar-refractivity contribution in [3.05, 3.63) is 130 Å². The fourth-order valence-corrected chi connectivity index (χ4v) is 10.2. The van der Waals surface area contributed by atoms with Gasteiger partial charge in [0.15, 0.2) is 11.5 Å². The lowest BCUT2D eigenvalue weighted by Crippen LogP contribution is -2.44. The lowest BCUT2D eigenvalue weighted by atomic mass is 10.0. The van der Waals surface area contributed by atoms with E-state index in [1.165, 1.54) is 14.2 Å². The van der Waals surface area contributed by atoms with Gasteiger partial charge in [-0.15, -0.1) is 10.2 Å². The Morgan fingerprint density at radius 2 is 0.976 bits per heavy atom. The Morgan fingerprint density at radius 3 is 1.33 bits per heavy atom. The number of piperidine rings is 1. The summed E-state index contributed by atoms with van der Waals surface area (Å²) in [5, 5.41) is 30.9. The lowest BCUT2D eigenvalue weighted by molar-refractivity contribution is -0.138. The first-order valence-corrected chi connectivity index (χ1v) is 26.9. The van der Waals surface area contributed by atoms with Crippen LogP contribution in [0.1, 0.15) is 67.2 Å². The third-order valence-corrected chi connectivity index (χ3v) is 15.5. The Kier molecular flexibility index (Phi) is 17.2. The van der Waals surface area contributed by atoms with Crippen molar-refractivity contribution < 1.29 is 45.4 Å². The number of benzene rings is 4. The van der Waals surface area contributed by atoms with Crippen molar-refractivity contribution in [2.45, 2.75) is 58.9 Å². The highest BCUT2D eigenvalue weighted by molar-refractivity contribution is 6.07. The van der Waals surface area contributed by atoms with Crippen LogP contribution in [-0.4, -0.2) is 152 Å². The van der Waals surface area contributed by atoms with Crippen molar-refractivity contribution in [1.82, 2.24) is 59.3 Å². The molecule has 444 valence electrons. The number of amides is 2. The summed E-state index contributed by atoms with van der Waals surface area (Å²) >= 11 is 0. The molecule has 26 heteroatoms. The van der Waals surface area contributed by atoms with Gasteiger partial charge in [-0.25, -0.2) is 9.36 Å². The second-order valence-electron chi connectivity index (χ2n) is 21.2. The monoisotopic (exact) mass is 1160 g/mol. The van der Waals surface area contributed by atoms with E-state index in [0.29, 0.717) is 73.8 Å². The molecule has 8 aromatic rings. The van der Waals surface area contributed by atoms with Crippen LogP contribution in [0, 0.1) is 27.7 Å². The molecule has 0 spiro atoms. The molecule has 2 aliphatic heterocycles. The molecule has 6 heterocycles. The number of methoxy groups -OCH3 is 2. The van der Waals surface area contributed by atoms with Gasteiger partial charge in [-0.1, -0.05) is 22.6 Å². The molecule has 0 aliphatic carbocycles. The summed E-state index contributed by atoms with van der Waals surface area (Å²) in [6.07, 6.45) is -0.726. The maximum absolute atomic E-state index is 14.0. The van der Waals surface area contributed by atoms with Crippen LogP contribution < -0.4 is 29.9 Å². The molecule has 0 atom stereocenters. The number of hydrogen-bond donors (Lipinski definition) is 2. The third kappa shape index (κ3) is 12.7. The zero-order chi connectivity index (χ0) is 60.5. The van der Waals surface area contributed by atoms with Gasteiger partial charge in [-0.2, -0.15) is 36.5 Å². The van der Waals surface area contributed by atoms with Crippen LogP contribution in [0.5, 0.6) is 11.5 Å². The maximum atomic E-state index is 14.0. The van der Waals surface area contributed by atoms with E-state index in [1.54, 1.807) is 79.9 Å². The Hall–Kier alpha value is -8.78. The predicted molar refractivity (Wildman–Crippen MR) is 307 cm³/mol. The molecule has 0 bridgehead atoms. The number of ether oxygens (including phenoxy) is 2. The highest BCUT2D eigenvalue weighted by atomic mass is 19.4. The molecule has 0 saturated carbocycles. The second kappa shape index (κ2) is 24.2. The van der Waals surface area contributed by atoms with E-state index in [4.69, 9.17) is 9.47 Å². The molecule has 0 radical (unpaired) electrons. The smallest absolute Gasteiger partial charge is 0.416 e. The van der Waals surface area contributed by atoms with Gasteiger partial charge in [-0.3, -0.25) is 19.0 Å². The van der Waals surface area contributed by atoms with Crippen LogP contribution in [0.2, 0.25) is 0 Å². The Morgan fingerprint density at radius 1 is 0.571 bits per heavy atom. The first kappa shape index (κ1) is 59.8. The quantitative estimate of drug-likeness (QED) is 0.104. The minimum absolute atomic E-state index is 0.0516. The van der Waals surface area contributed by atoms with Crippen LogP contribution in [0.4, 0.5) is 49.1 Å². The molecular formula is C58H66F6N16O4. The zero-order valence-corrected chi connectivity index (χ0v) is 48.5. The Labute approximate surface area is 481 Å². The van der Waals surface area contributed by atoms with Crippen molar-refractivity contribution >= 4 is 34.6 Å². The van der Waals surface area contributed by atoms with Gasteiger partial charge in [-0.05, 0) is 121 Å². The van der Waals surface area contributed by atoms with Crippen molar-refractivity contribution in [1.29, 1.82) is 0 Å². The van der Waals surface area contributed by atoms with Crippen molar-refractivity contribution in [3.8, 4) is 45.4 Å². The predicted octanol–water partition coefficient (Wildman–Crippen LogP) is 9.41. The van der Waals surface area contributed by atoms with Crippen molar-refractivity contribution in [2.24, 2.45) is 14.1 Å². The minimum Gasteiger partial charge on any atom is -0.492 e. The highest BCUT2D eigenvalue weighted by Crippen LogP contribution is 2.45. The van der Waals surface area contributed by atoms with Gasteiger partial charge in [0.05, 0.1) is 84.3 Å². The molecular weight excluding hydrogens is 1100 g/mol. The van der Waals surface area contributed by atoms with Crippen LogP contribution >= 0.6 is 0 Å². The molecule has 10 rings (SSSR count). The number of likely N-dealkylation sites (N-methyl/N-ethyl adjacent to an activating group) is 1. The summed E-state index contributed by atoms with van der Waals surface area (Å²) in [5.41, 5.74) is 6.85. The minimum atomic E-state index is -4.61. The van der Waals surface area contributed by atoms with Gasteiger partial charge in [0.2, 0.25) is 0 Å². The number of anilines is 4. The summed E-state index contributed by atoms with van der Waals surface area (Å²) in [4.78, 5) is 34.9. The maximum Gasteiger partial charge on any atom is 0.416 e. The SMILES string of the molecule is COc1c(NC(=O)c2ccc(C)c(-n3cc(-c4cnn(C)c4C)nn3)c2)cc(C(F)(F)F)cc1N1CCC(N(C)C)CC1.COc1c(NC(=O)c2ccc(C)c(-n3cc(-c4cnn(C)c4C)nn3)c2)cc(C(F)(F)F)cc1N1CCN(C)CC1. The van der Waals surface area contributed by atoms with Crippen molar-refractivity contribution in [2.75, 3.05) is 95.1 Å². The number of rotatable bonds is 13. The standard InChI is InChI=1S/C30H35F3N8O2.C28H31F3N8O2/c1-18-7-8-20(13-26(18)41-17-25(36-37-41)23-16-34-39(5)19(23)2)29(42)35-24-14-21(30(31,32)33)15-27(28(24)43-6)40-11-9-22(10-12-40)38(3)4;1-17-6-7-19(12-24(17)39-16-23(34-35-39)21-15-32-37(4)18(21)2)27(40)33-22-13-20(28(29,30)31)14-25(26(22)41-5)38-10-8-36(3)9-11-38/h7-8,13-17,22H,9-12H2,1-6H3,(H,35,42);6-7,12-16H,8-11H2,1-5H3,(H,33,40). The molecule has 2 N–H and O–H groups in total. The number of piperazine rings is 1. The van der Waals surface area contributed by atoms with Crippen LogP contribution in [-0.2, 0) is 26.4 Å². The number of nitrogens with zero attached hydrogens (tertiary/aromatic N) is 14. The van der Waals surface area contributed by atoms with Gasteiger partial charge in [0.25, 0.3) is 11.8 Å². The summed E-state index contributed by atoms with van der Waals surface area (Å²) < 4.78 is 102. The first-order chi connectivity index (χ1) is 39.8. The number of aromatic nitrogens is 10. The zero-order valence-electron chi connectivity index (χ0n) is 48.5. The van der Waals surface area contributed by atoms with E-state index in [9.17, 15) is 35.9 Å². The molecule has 20 nitrogen and oxygen atoms in total. The topological polar surface area (TPSA) is 187 Å². The Bertz CT molecular complexity index is 3700. The van der Waals surface area contributed by atoms with Gasteiger partial charge < -0.3 is 39.7 Å².